The zero-order valence-electron chi connectivity index (χ0n) is 59.1. The third-order valence-electron chi connectivity index (χ3n) is 15.3. The molecule has 0 saturated carbocycles. The van der Waals surface area contributed by atoms with E-state index in [4.69, 9.17) is 165 Å². The summed E-state index contributed by atoms with van der Waals surface area (Å²) < 4.78 is 81.2. The molecule has 514 valence electrons. The molecule has 1 saturated heterocycles. The van der Waals surface area contributed by atoms with E-state index in [0.29, 0.717) is 23.9 Å². The molecule has 0 atom stereocenters. The Hall–Kier alpha value is 0.773. The average Bonchev–Trinajstić information content (AvgIpc) is 0.980. The molecular weight excluding hydrogens is 1810 g/mol. The molecule has 1 aliphatic heterocycles. The van der Waals surface area contributed by atoms with E-state index in [0.717, 1.165) is 63.2 Å². The van der Waals surface area contributed by atoms with E-state index in [1.807, 2.05) is 100 Å². The van der Waals surface area contributed by atoms with Crippen LogP contribution in [0.15, 0.2) is 139 Å². The van der Waals surface area contributed by atoms with Crippen molar-refractivity contribution in [3.63, 3.8) is 0 Å². The first-order valence-corrected chi connectivity index (χ1v) is 43.9. The number of phenols is 1. The fourth-order valence-electron chi connectivity index (χ4n) is 9.63. The minimum absolute atomic E-state index is 0. The number of hydrogen-bond acceptors (Lipinski definition) is 12. The minimum atomic E-state index is -3.01. The van der Waals surface area contributed by atoms with Gasteiger partial charge in [-0.15, -0.1) is 0 Å². The molecule has 1 N–H and O–H groups in total. The Bertz CT molecular complexity index is 3210. The van der Waals surface area contributed by atoms with Crippen molar-refractivity contribution in [1.82, 2.24) is 0 Å². The second-order valence-corrected chi connectivity index (χ2v) is 35.9. The van der Waals surface area contributed by atoms with Crippen LogP contribution in [0.4, 0.5) is 0 Å². The summed E-state index contributed by atoms with van der Waals surface area (Å²) in [6.07, 6.45) is -10.7. The highest BCUT2D eigenvalue weighted by Crippen LogP contribution is 2.36. The first-order valence-electron chi connectivity index (χ1n) is 31.9. The summed E-state index contributed by atoms with van der Waals surface area (Å²) in [6, 6.07) is 37.1. The van der Waals surface area contributed by atoms with Gasteiger partial charge in [-0.25, -0.2) is 16.8 Å². The minimum Gasteiger partial charge on any atom is -0.508 e. The van der Waals surface area contributed by atoms with Crippen molar-refractivity contribution in [1.29, 1.82) is 0 Å². The van der Waals surface area contributed by atoms with Crippen LogP contribution < -0.4 is 24.4 Å². The molecule has 0 amide bonds. The monoisotopic (exact) mass is 1890 g/mol. The molecule has 54 heteroatoms. The number of sulfone groups is 2. The number of aromatic hydroxyl groups is 1. The van der Waals surface area contributed by atoms with Crippen LogP contribution >= 0.6 is 123 Å². The maximum atomic E-state index is 11.1. The molecule has 1 aliphatic rings. The summed E-state index contributed by atoms with van der Waals surface area (Å²) in [5.41, 5.74) is 0.166. The lowest BCUT2D eigenvalue weighted by atomic mass is 8.30. The van der Waals surface area contributed by atoms with Gasteiger partial charge in [-0.1, -0.05) is 146 Å². The first kappa shape index (κ1) is 113. The van der Waals surface area contributed by atoms with Crippen molar-refractivity contribution in [2.45, 2.75) is 61.2 Å². The van der Waals surface area contributed by atoms with Gasteiger partial charge in [0.2, 0.25) is 0 Å². The van der Waals surface area contributed by atoms with E-state index < -0.39 is 123 Å². The molecule has 34 radical (unpaired) electrons. The van der Waals surface area contributed by atoms with Crippen LogP contribution in [0.1, 0.15) is 50.0 Å². The van der Waals surface area contributed by atoms with Crippen LogP contribution in [0.5, 0.6) is 28.7 Å². The lowest BCUT2D eigenvalue weighted by Crippen LogP contribution is -2.89. The normalized spacial score (nSPS) is 11.6. The van der Waals surface area contributed by atoms with E-state index in [1.54, 1.807) is 60.3 Å². The van der Waals surface area contributed by atoms with Crippen LogP contribution in [0.2, 0.25) is 0 Å². The van der Waals surface area contributed by atoms with E-state index >= 15 is 0 Å². The van der Waals surface area contributed by atoms with Gasteiger partial charge in [0.15, 0.2) is 19.7 Å². The molecule has 1 fully saturated rings. The Balaban J connectivity index is -0.000000612. The van der Waals surface area contributed by atoms with Gasteiger partial charge < -0.3 is 33.4 Å². The zero-order chi connectivity index (χ0) is 79.2. The summed E-state index contributed by atoms with van der Waals surface area (Å²) in [5.74, 6) is 4.54. The summed E-state index contributed by atoms with van der Waals surface area (Å²) in [7, 11) is 96.8. The highest BCUT2D eigenvalue weighted by molar-refractivity contribution is 9.12. The van der Waals surface area contributed by atoms with E-state index in [-0.39, 0.29) is 58.2 Å². The van der Waals surface area contributed by atoms with E-state index in [2.05, 4.69) is 118 Å². The third kappa shape index (κ3) is 47.7. The Morgan fingerprint density at radius 1 is 0.396 bits per heavy atom. The number of rotatable bonds is 31. The molecule has 0 aliphatic carbocycles. The Morgan fingerprint density at radius 2 is 0.651 bits per heavy atom. The van der Waals surface area contributed by atoms with E-state index in [9.17, 15) is 16.8 Å². The van der Waals surface area contributed by atoms with Crippen molar-refractivity contribution in [3.05, 3.63) is 139 Å². The smallest absolute Gasteiger partial charge is 0.494 e. The van der Waals surface area contributed by atoms with Crippen LogP contribution in [-0.4, -0.2) is 346 Å². The SMILES string of the molecule is BrCCBr.BrCCOc1ccc(Br)cc1.C.C.C.CC1(C)OB(c2ccc(OCCS(C)(=O)=O)cc2)OC1(C)C.CS(=O)(=O)CCOc1ccc(Br)cc1.CSCCOc1ccc(Br)cc1.Oc1ccc(Br)cc1.[B]B([B])B([B])B(B([B])[B])B(B(B([B])[B])B([B])[B])B(B(B([B])[B])B([B])[B])B(B([B])[B])B([B])[B]. The highest BCUT2D eigenvalue weighted by Gasteiger charge is 2.54. The van der Waals surface area contributed by atoms with Gasteiger partial charge in [0.1, 0.15) is 42.0 Å². The van der Waals surface area contributed by atoms with Gasteiger partial charge >= 0.3 is 7.12 Å². The molecule has 5 aromatic carbocycles. The van der Waals surface area contributed by atoms with E-state index in [1.165, 1.54) is 12.5 Å². The van der Waals surface area contributed by atoms with Crippen LogP contribution in [0.3, 0.4) is 0 Å². The summed E-state index contributed by atoms with van der Waals surface area (Å²) in [4.78, 5) is 0. The van der Waals surface area contributed by atoms with Gasteiger partial charge in [0, 0.05) is 279 Å². The Morgan fingerprint density at radius 3 is 0.887 bits per heavy atom. The van der Waals surface area contributed by atoms with Crippen molar-refractivity contribution in [2.75, 3.05) is 78.4 Å². The second kappa shape index (κ2) is 59.4. The molecule has 0 bridgehead atoms. The maximum absolute atomic E-state index is 11.1. The van der Waals surface area contributed by atoms with Gasteiger partial charge in [-0.05, 0) is 149 Å². The summed E-state index contributed by atoms with van der Waals surface area (Å²) >= 11 is 24.7. The van der Waals surface area contributed by atoms with Gasteiger partial charge in [0.05, 0.1) is 35.9 Å². The molecular formula is C52H74B33Br7O11S3. The van der Waals surface area contributed by atoms with Crippen LogP contribution in [0, 0.1) is 0 Å². The van der Waals surface area contributed by atoms with Gasteiger partial charge in [-0.2, -0.15) is 11.8 Å². The topological polar surface area (TPSA) is 144 Å². The number of phenolic OH excluding ortho intramolecular Hbond substituents is 1. The molecule has 1 heterocycles. The van der Waals surface area contributed by atoms with Crippen molar-refractivity contribution in [2.24, 2.45) is 0 Å². The largest absolute Gasteiger partial charge is 0.508 e. The highest BCUT2D eigenvalue weighted by atomic mass is 79.9. The summed E-state index contributed by atoms with van der Waals surface area (Å²) in [6.45, 7) is 9.87. The van der Waals surface area contributed by atoms with Crippen molar-refractivity contribution in [3.8, 4) is 28.7 Å². The maximum Gasteiger partial charge on any atom is 0.494 e. The second-order valence-electron chi connectivity index (χ2n) is 24.4. The Labute approximate surface area is 732 Å². The number of hydrogen-bond donors (Lipinski definition) is 1. The number of halogens is 7. The standard InChI is InChI=1S/C15H23BO5S.C9H11BrO3S.C9H11BrOS.C8H8Br2O.C6H5BrO.C2H4Br2.3CH4.B32/c1-14(2)15(3,4)21-16(20-14)12-6-8-13(9-7-12)19-10-11-22(5,17)18;1-14(11,12)7-6-13-9-4-2-8(10)3-5-9;1-12-7-6-11-9-4-2-8(10)3-5-9;9-5-6-11-8-3-1-7(10)2-4-8;7-5-1-3-6(8)4-2-5;3-1-2-4;;;;1-18(2)26(17)30(25(15)16)32(29(23(11)12)24(13)14)31(27(19(3)4)20(5)6)28(21(7)8)22(9)10/h6-9H,10-11H2,1-5H3;2-5H,6-7H2,1H3;2-5H,6-7H2,1H3;1-4H,5-6H2;1-4,8H;1-2H2;3*1H4;. The average molecular weight is 1890 g/mol. The van der Waals surface area contributed by atoms with Crippen LogP contribution in [0.25, 0.3) is 0 Å². The number of benzene rings is 5. The zero-order valence-corrected chi connectivity index (χ0v) is 72.6. The molecule has 5 aromatic rings. The van der Waals surface area contributed by atoms with Crippen molar-refractivity contribution < 1.29 is 50.2 Å². The quantitative estimate of drug-likeness (QED) is 0.0395. The first-order chi connectivity index (χ1) is 47.8. The molecule has 106 heavy (non-hydrogen) atoms. The molecule has 0 aromatic heterocycles. The van der Waals surface area contributed by atoms with Crippen LogP contribution in [-0.2, 0) is 29.0 Å². The Kier molecular flexibility index (Phi) is 63.4. The number of ether oxygens (including phenoxy) is 4. The fourth-order valence-corrected chi connectivity index (χ4v) is 11.9. The molecule has 0 spiro atoms. The van der Waals surface area contributed by atoms with Crippen molar-refractivity contribution >= 4 is 383 Å². The predicted octanol–water partition coefficient (Wildman–Crippen LogP) is 3.35. The number of thioether (sulfide) groups is 1. The van der Waals surface area contributed by atoms with Gasteiger partial charge in [0.25, 0.3) is 0 Å². The third-order valence-corrected chi connectivity index (χ3v) is 22.0. The molecule has 11 nitrogen and oxygen atoms in total. The fraction of sp³-hybridized carbons (Fsp3) is 0.423. The number of alkyl halides is 3. The van der Waals surface area contributed by atoms with Gasteiger partial charge in [-0.3, -0.25) is 0 Å². The molecule has 0 unspecified atom stereocenters. The molecule has 6 rings (SSSR count). The lowest BCUT2D eigenvalue weighted by molar-refractivity contribution is 0.00578. The summed E-state index contributed by atoms with van der Waals surface area (Å²) in [5, 5.41) is 11.7. The predicted molar refractivity (Wildman–Crippen MR) is 526 cm³/mol. The lowest BCUT2D eigenvalue weighted by Gasteiger charge is -2.51.